The van der Waals surface area contributed by atoms with Crippen molar-refractivity contribution in [3.05, 3.63) is 29.7 Å². The van der Waals surface area contributed by atoms with E-state index < -0.39 is 5.91 Å². The van der Waals surface area contributed by atoms with Crippen LogP contribution in [0.2, 0.25) is 0 Å². The number of nitrogens with zero attached hydrogens (tertiary/aromatic N) is 3. The third-order valence-corrected chi connectivity index (χ3v) is 2.23. The molecular formula is C10H12N4O. The van der Waals surface area contributed by atoms with E-state index in [2.05, 4.69) is 10.2 Å². The van der Waals surface area contributed by atoms with Crippen LogP contribution in [-0.4, -0.2) is 20.5 Å². The second-order valence-corrected chi connectivity index (χ2v) is 3.72. The lowest BCUT2D eigenvalue weighted by Gasteiger charge is -2.03. The van der Waals surface area contributed by atoms with Gasteiger partial charge in [0.25, 0.3) is 0 Å². The molecule has 1 amide bonds. The van der Waals surface area contributed by atoms with Crippen molar-refractivity contribution in [1.82, 2.24) is 14.6 Å². The van der Waals surface area contributed by atoms with E-state index in [1.165, 1.54) is 0 Å². The Morgan fingerprint density at radius 3 is 2.73 bits per heavy atom. The first-order chi connectivity index (χ1) is 7.09. The summed E-state index contributed by atoms with van der Waals surface area (Å²) in [6, 6.07) is 3.38. The Labute approximate surface area is 86.9 Å². The Morgan fingerprint density at radius 1 is 1.40 bits per heavy atom. The second-order valence-electron chi connectivity index (χ2n) is 3.72. The summed E-state index contributed by atoms with van der Waals surface area (Å²) in [7, 11) is 0. The van der Waals surface area contributed by atoms with Gasteiger partial charge in [0, 0.05) is 12.1 Å². The number of hydrogen-bond donors (Lipinski definition) is 1. The van der Waals surface area contributed by atoms with Crippen molar-refractivity contribution >= 4 is 11.6 Å². The fourth-order valence-electron chi connectivity index (χ4n) is 1.45. The van der Waals surface area contributed by atoms with Crippen LogP contribution in [0.5, 0.6) is 0 Å². The van der Waals surface area contributed by atoms with Crippen LogP contribution in [-0.2, 0) is 0 Å². The van der Waals surface area contributed by atoms with Gasteiger partial charge in [0.15, 0.2) is 5.65 Å². The van der Waals surface area contributed by atoms with Gasteiger partial charge in [-0.25, -0.2) is 0 Å². The normalized spacial score (nSPS) is 11.1. The van der Waals surface area contributed by atoms with Gasteiger partial charge in [-0.05, 0) is 12.1 Å². The monoisotopic (exact) mass is 204 g/mol. The highest BCUT2D eigenvalue weighted by molar-refractivity contribution is 5.92. The number of fused-ring (bicyclic) bond motifs is 1. The van der Waals surface area contributed by atoms with Crippen LogP contribution in [0.3, 0.4) is 0 Å². The summed E-state index contributed by atoms with van der Waals surface area (Å²) in [4.78, 5) is 11.0. The minimum atomic E-state index is -0.444. The van der Waals surface area contributed by atoms with E-state index in [4.69, 9.17) is 5.73 Å². The first-order valence-corrected chi connectivity index (χ1v) is 4.74. The topological polar surface area (TPSA) is 73.3 Å². The Hall–Kier alpha value is -1.91. The number of hydrogen-bond acceptors (Lipinski definition) is 3. The Morgan fingerprint density at radius 2 is 2.13 bits per heavy atom. The highest BCUT2D eigenvalue weighted by Crippen LogP contribution is 2.14. The number of nitrogens with two attached hydrogens (primary N) is 1. The van der Waals surface area contributed by atoms with Gasteiger partial charge in [0.1, 0.15) is 5.82 Å². The highest BCUT2D eigenvalue weighted by atomic mass is 16.1. The van der Waals surface area contributed by atoms with E-state index in [0.29, 0.717) is 5.56 Å². The van der Waals surface area contributed by atoms with Gasteiger partial charge in [-0.2, -0.15) is 0 Å². The summed E-state index contributed by atoms with van der Waals surface area (Å²) in [5.41, 5.74) is 6.39. The standard InChI is InChI=1S/C10H12N4O/c1-6(2)10-13-12-8-4-3-7(9(11)15)5-14(8)10/h3-6H,1-2H3,(H2,11,15). The zero-order valence-corrected chi connectivity index (χ0v) is 8.64. The Bertz CT molecular complexity index is 515. The molecule has 78 valence electrons. The molecule has 0 unspecified atom stereocenters. The second kappa shape index (κ2) is 3.34. The molecule has 0 aliphatic heterocycles. The maximum Gasteiger partial charge on any atom is 0.250 e. The van der Waals surface area contributed by atoms with Gasteiger partial charge < -0.3 is 5.73 Å². The van der Waals surface area contributed by atoms with Gasteiger partial charge in [-0.1, -0.05) is 13.8 Å². The number of pyridine rings is 1. The lowest BCUT2D eigenvalue weighted by atomic mass is 10.2. The van der Waals surface area contributed by atoms with E-state index in [1.54, 1.807) is 22.7 Å². The molecule has 0 saturated carbocycles. The van der Waals surface area contributed by atoms with Crippen molar-refractivity contribution in [2.75, 3.05) is 0 Å². The Kier molecular flexibility index (Phi) is 2.15. The van der Waals surface area contributed by atoms with Gasteiger partial charge in [0.05, 0.1) is 5.56 Å². The van der Waals surface area contributed by atoms with Crippen LogP contribution >= 0.6 is 0 Å². The summed E-state index contributed by atoms with van der Waals surface area (Å²) in [6.45, 7) is 4.04. The molecule has 0 atom stereocenters. The van der Waals surface area contributed by atoms with Crippen LogP contribution < -0.4 is 5.73 Å². The molecule has 0 fully saturated rings. The molecule has 2 aromatic rings. The molecule has 2 aromatic heterocycles. The molecule has 0 saturated heterocycles. The maximum absolute atomic E-state index is 11.0. The molecule has 0 spiro atoms. The summed E-state index contributed by atoms with van der Waals surface area (Å²) >= 11 is 0. The largest absolute Gasteiger partial charge is 0.366 e. The fourth-order valence-corrected chi connectivity index (χ4v) is 1.45. The minimum absolute atomic E-state index is 0.253. The number of carbonyl (C=O) groups excluding carboxylic acids is 1. The number of primary amides is 1. The first kappa shape index (κ1) is 9.64. The SMILES string of the molecule is CC(C)c1nnc2ccc(C(N)=O)cn12. The van der Waals surface area contributed by atoms with Crippen LogP contribution in [0.4, 0.5) is 0 Å². The van der Waals surface area contributed by atoms with E-state index in [9.17, 15) is 4.79 Å². The van der Waals surface area contributed by atoms with Crippen molar-refractivity contribution in [3.63, 3.8) is 0 Å². The Balaban J connectivity index is 2.66. The van der Waals surface area contributed by atoms with Crippen LogP contribution in [0, 0.1) is 0 Å². The fraction of sp³-hybridized carbons (Fsp3) is 0.300. The van der Waals surface area contributed by atoms with E-state index in [-0.39, 0.29) is 5.92 Å². The van der Waals surface area contributed by atoms with E-state index in [0.717, 1.165) is 11.5 Å². The predicted octanol–water partition coefficient (Wildman–Crippen LogP) is 0.952. The predicted molar refractivity (Wildman–Crippen MR) is 55.6 cm³/mol. The maximum atomic E-state index is 11.0. The number of aromatic nitrogens is 3. The molecule has 2 N–H and O–H groups in total. The quantitative estimate of drug-likeness (QED) is 0.791. The van der Waals surface area contributed by atoms with Gasteiger partial charge in [-0.15, -0.1) is 10.2 Å². The van der Waals surface area contributed by atoms with Crippen molar-refractivity contribution in [2.24, 2.45) is 5.73 Å². The summed E-state index contributed by atoms with van der Waals surface area (Å²) in [5.74, 6) is 0.636. The average Bonchev–Trinajstić information content (AvgIpc) is 2.59. The first-order valence-electron chi connectivity index (χ1n) is 4.74. The third-order valence-electron chi connectivity index (χ3n) is 2.23. The lowest BCUT2D eigenvalue weighted by molar-refractivity contribution is 0.1000. The molecule has 5 nitrogen and oxygen atoms in total. The molecule has 5 heteroatoms. The van der Waals surface area contributed by atoms with E-state index in [1.807, 2.05) is 13.8 Å². The lowest BCUT2D eigenvalue weighted by Crippen LogP contribution is -2.12. The molecular weight excluding hydrogens is 192 g/mol. The molecule has 0 radical (unpaired) electrons. The molecule has 0 bridgehead atoms. The summed E-state index contributed by atoms with van der Waals surface area (Å²) in [6.07, 6.45) is 1.67. The molecule has 0 aliphatic carbocycles. The average molecular weight is 204 g/mol. The zero-order chi connectivity index (χ0) is 11.0. The molecule has 2 rings (SSSR count). The van der Waals surface area contributed by atoms with Gasteiger partial charge in [0.2, 0.25) is 5.91 Å². The molecule has 15 heavy (non-hydrogen) atoms. The molecule has 0 aliphatic rings. The van der Waals surface area contributed by atoms with Crippen molar-refractivity contribution in [3.8, 4) is 0 Å². The van der Waals surface area contributed by atoms with Gasteiger partial charge >= 0.3 is 0 Å². The zero-order valence-electron chi connectivity index (χ0n) is 8.64. The van der Waals surface area contributed by atoms with Crippen LogP contribution in [0.1, 0.15) is 35.9 Å². The molecule has 0 aromatic carbocycles. The third kappa shape index (κ3) is 1.56. The van der Waals surface area contributed by atoms with Crippen LogP contribution in [0.25, 0.3) is 5.65 Å². The van der Waals surface area contributed by atoms with Crippen molar-refractivity contribution in [2.45, 2.75) is 19.8 Å². The smallest absolute Gasteiger partial charge is 0.250 e. The number of carbonyl (C=O) groups is 1. The van der Waals surface area contributed by atoms with Gasteiger partial charge in [-0.3, -0.25) is 9.20 Å². The summed E-state index contributed by atoms with van der Waals surface area (Å²) in [5, 5.41) is 8.06. The van der Waals surface area contributed by atoms with Crippen molar-refractivity contribution in [1.29, 1.82) is 0 Å². The summed E-state index contributed by atoms with van der Waals surface area (Å²) < 4.78 is 1.80. The number of rotatable bonds is 2. The minimum Gasteiger partial charge on any atom is -0.366 e. The van der Waals surface area contributed by atoms with E-state index >= 15 is 0 Å². The van der Waals surface area contributed by atoms with Crippen LogP contribution in [0.15, 0.2) is 18.3 Å². The molecule has 2 heterocycles. The van der Waals surface area contributed by atoms with Crippen molar-refractivity contribution < 1.29 is 4.79 Å². The highest BCUT2D eigenvalue weighted by Gasteiger charge is 2.10. The number of amides is 1.